The van der Waals surface area contributed by atoms with Crippen molar-refractivity contribution in [1.29, 1.82) is 0 Å². The Hall–Kier alpha value is -1.42. The molecule has 0 heterocycles. The van der Waals surface area contributed by atoms with E-state index in [0.717, 1.165) is 6.54 Å². The molecule has 1 rings (SSSR count). The summed E-state index contributed by atoms with van der Waals surface area (Å²) in [5.41, 5.74) is 6.21. The molecule has 0 fully saturated rings. The van der Waals surface area contributed by atoms with E-state index in [1.165, 1.54) is 0 Å². The molecule has 98 valence electrons. The lowest BCUT2D eigenvalue weighted by Crippen LogP contribution is -2.36. The maximum atomic E-state index is 12.3. The average molecular weight is 264 g/mol. The Morgan fingerprint density at radius 2 is 1.94 bits per heavy atom. The first kappa shape index (κ1) is 14.6. The molecule has 1 amide bonds. The third kappa shape index (κ3) is 4.84. The number of hydrogen-bond acceptors (Lipinski definition) is 2. The van der Waals surface area contributed by atoms with Crippen LogP contribution in [0.2, 0.25) is 0 Å². The lowest BCUT2D eigenvalue weighted by molar-refractivity contribution is 0.0741. The third-order valence-corrected chi connectivity index (χ3v) is 2.73. The normalized spacial score (nSPS) is 10.4. The summed E-state index contributed by atoms with van der Waals surface area (Å²) < 4.78 is 0. The third-order valence-electron chi connectivity index (χ3n) is 2.52. The van der Waals surface area contributed by atoms with E-state index in [9.17, 15) is 4.79 Å². The zero-order chi connectivity index (χ0) is 13.5. The van der Waals surface area contributed by atoms with Crippen molar-refractivity contribution in [1.82, 2.24) is 4.90 Å². The van der Waals surface area contributed by atoms with E-state index in [1.807, 2.05) is 35.2 Å². The molecule has 0 spiro atoms. The molecule has 1 aromatic carbocycles. The zero-order valence-corrected chi connectivity index (χ0v) is 11.7. The fraction of sp³-hybridized carbons (Fsp3) is 0.429. The second-order valence-electron chi connectivity index (χ2n) is 4.73. The van der Waals surface area contributed by atoms with E-state index < -0.39 is 0 Å². The van der Waals surface area contributed by atoms with Crippen molar-refractivity contribution in [3.63, 3.8) is 0 Å². The molecule has 3 nitrogen and oxygen atoms in total. The highest BCUT2D eigenvalue weighted by Crippen LogP contribution is 2.08. The molecule has 1 aromatic rings. The van der Waals surface area contributed by atoms with Crippen LogP contribution in [-0.2, 0) is 0 Å². The molecule has 0 saturated carbocycles. The summed E-state index contributed by atoms with van der Waals surface area (Å²) in [7, 11) is 0. The lowest BCUT2D eigenvalue weighted by Gasteiger charge is -2.24. The number of benzene rings is 1. The molecule has 18 heavy (non-hydrogen) atoms. The highest BCUT2D eigenvalue weighted by molar-refractivity contribution is 7.80. The highest BCUT2D eigenvalue weighted by atomic mass is 32.1. The number of rotatable bonds is 6. The average Bonchev–Trinajstić information content (AvgIpc) is 2.34. The largest absolute Gasteiger partial charge is 0.393 e. The van der Waals surface area contributed by atoms with E-state index in [4.69, 9.17) is 18.0 Å². The van der Waals surface area contributed by atoms with E-state index in [-0.39, 0.29) is 5.91 Å². The van der Waals surface area contributed by atoms with Gasteiger partial charge in [0.15, 0.2) is 0 Å². The summed E-state index contributed by atoms with van der Waals surface area (Å²) in [5, 5.41) is 0. The second kappa shape index (κ2) is 7.11. The smallest absolute Gasteiger partial charge is 0.253 e. The van der Waals surface area contributed by atoms with Crippen molar-refractivity contribution < 1.29 is 4.79 Å². The van der Waals surface area contributed by atoms with Crippen molar-refractivity contribution in [2.75, 3.05) is 13.1 Å². The molecule has 0 aliphatic heterocycles. The van der Waals surface area contributed by atoms with Gasteiger partial charge in [-0.1, -0.05) is 44.3 Å². The number of hydrogen-bond donors (Lipinski definition) is 1. The van der Waals surface area contributed by atoms with Crippen LogP contribution in [0.25, 0.3) is 0 Å². The van der Waals surface area contributed by atoms with Crippen molar-refractivity contribution in [2.45, 2.75) is 20.3 Å². The Labute approximate surface area is 114 Å². The molecule has 0 aliphatic carbocycles. The molecule has 0 bridgehead atoms. The molecule has 0 unspecified atom stereocenters. The van der Waals surface area contributed by atoms with Crippen LogP contribution in [-0.4, -0.2) is 28.9 Å². The second-order valence-corrected chi connectivity index (χ2v) is 5.25. The Bertz CT molecular complexity index is 404. The van der Waals surface area contributed by atoms with Crippen LogP contribution in [0, 0.1) is 5.92 Å². The van der Waals surface area contributed by atoms with Gasteiger partial charge in [-0.05, 0) is 18.1 Å². The highest BCUT2D eigenvalue weighted by Gasteiger charge is 2.16. The first-order valence-corrected chi connectivity index (χ1v) is 6.54. The lowest BCUT2D eigenvalue weighted by atomic mass is 10.1. The van der Waals surface area contributed by atoms with Gasteiger partial charge >= 0.3 is 0 Å². The number of nitrogens with two attached hydrogens (primary N) is 1. The van der Waals surface area contributed by atoms with E-state index in [0.29, 0.717) is 29.4 Å². The van der Waals surface area contributed by atoms with Gasteiger partial charge in [-0.15, -0.1) is 0 Å². The van der Waals surface area contributed by atoms with E-state index in [1.54, 1.807) is 0 Å². The molecule has 2 N–H and O–H groups in total. The van der Waals surface area contributed by atoms with Gasteiger partial charge in [0.1, 0.15) is 0 Å². The topological polar surface area (TPSA) is 46.3 Å². The Morgan fingerprint density at radius 1 is 1.33 bits per heavy atom. The molecular formula is C14H20N2OS. The quantitative estimate of drug-likeness (QED) is 0.803. The van der Waals surface area contributed by atoms with Gasteiger partial charge in [-0.3, -0.25) is 4.79 Å². The number of amides is 1. The molecule has 0 aromatic heterocycles. The van der Waals surface area contributed by atoms with Gasteiger partial charge < -0.3 is 10.6 Å². The van der Waals surface area contributed by atoms with Crippen molar-refractivity contribution >= 4 is 23.1 Å². The standard InChI is InChI=1S/C14H20N2OS/c1-11(2)10-16(9-8-13(15)18)14(17)12-6-4-3-5-7-12/h3-7,11H,8-10H2,1-2H3,(H2,15,18). The molecule has 0 radical (unpaired) electrons. The minimum atomic E-state index is 0.0422. The van der Waals surface area contributed by atoms with Crippen LogP contribution < -0.4 is 5.73 Å². The summed E-state index contributed by atoms with van der Waals surface area (Å²) in [4.78, 5) is 14.6. The van der Waals surface area contributed by atoms with Gasteiger partial charge in [0.25, 0.3) is 5.91 Å². The predicted octanol–water partition coefficient (Wildman–Crippen LogP) is 2.46. The Balaban J connectivity index is 2.75. The first-order valence-electron chi connectivity index (χ1n) is 6.13. The molecular weight excluding hydrogens is 244 g/mol. The fourth-order valence-electron chi connectivity index (χ4n) is 1.72. The number of nitrogens with zero attached hydrogens (tertiary/aromatic N) is 1. The number of thiocarbonyl (C=S) groups is 1. The first-order chi connectivity index (χ1) is 8.50. The van der Waals surface area contributed by atoms with Gasteiger partial charge in [-0.25, -0.2) is 0 Å². The van der Waals surface area contributed by atoms with E-state index in [2.05, 4.69) is 13.8 Å². The maximum Gasteiger partial charge on any atom is 0.253 e. The molecule has 4 heteroatoms. The van der Waals surface area contributed by atoms with Gasteiger partial charge in [0, 0.05) is 25.1 Å². The van der Waals surface area contributed by atoms with Crippen LogP contribution in [0.3, 0.4) is 0 Å². The fourth-order valence-corrected chi connectivity index (χ4v) is 1.82. The maximum absolute atomic E-state index is 12.3. The Kier molecular flexibility index (Phi) is 5.78. The molecule has 0 atom stereocenters. The van der Waals surface area contributed by atoms with Crippen LogP contribution in [0.1, 0.15) is 30.6 Å². The van der Waals surface area contributed by atoms with E-state index >= 15 is 0 Å². The predicted molar refractivity (Wildman–Crippen MR) is 78.6 cm³/mol. The SMILES string of the molecule is CC(C)CN(CCC(N)=S)C(=O)c1ccccc1. The van der Waals surface area contributed by atoms with Crippen molar-refractivity contribution in [2.24, 2.45) is 11.7 Å². The Morgan fingerprint density at radius 3 is 2.44 bits per heavy atom. The van der Waals surface area contributed by atoms with Gasteiger partial charge in [-0.2, -0.15) is 0 Å². The number of carbonyl (C=O) groups excluding carboxylic acids is 1. The summed E-state index contributed by atoms with van der Waals surface area (Å²) >= 11 is 4.87. The van der Waals surface area contributed by atoms with Crippen LogP contribution in [0.15, 0.2) is 30.3 Å². The minimum Gasteiger partial charge on any atom is -0.393 e. The van der Waals surface area contributed by atoms with Gasteiger partial charge in [0.05, 0.1) is 4.99 Å². The molecule has 0 aliphatic rings. The molecule has 0 saturated heterocycles. The summed E-state index contributed by atoms with van der Waals surface area (Å²) in [6.07, 6.45) is 0.570. The van der Waals surface area contributed by atoms with Gasteiger partial charge in [0.2, 0.25) is 0 Å². The zero-order valence-electron chi connectivity index (χ0n) is 10.9. The monoisotopic (exact) mass is 264 g/mol. The van der Waals surface area contributed by atoms with Crippen LogP contribution in [0.5, 0.6) is 0 Å². The summed E-state index contributed by atoms with van der Waals surface area (Å²) in [6, 6.07) is 9.30. The van der Waals surface area contributed by atoms with Crippen molar-refractivity contribution in [3.05, 3.63) is 35.9 Å². The van der Waals surface area contributed by atoms with Crippen LogP contribution in [0.4, 0.5) is 0 Å². The van der Waals surface area contributed by atoms with Crippen molar-refractivity contribution in [3.8, 4) is 0 Å². The minimum absolute atomic E-state index is 0.0422. The van der Waals surface area contributed by atoms with Crippen LogP contribution >= 0.6 is 12.2 Å². The summed E-state index contributed by atoms with van der Waals surface area (Å²) in [6.45, 7) is 5.48. The number of carbonyl (C=O) groups is 1. The summed E-state index contributed by atoms with van der Waals surface area (Å²) in [5.74, 6) is 0.463.